The second kappa shape index (κ2) is 6.03. The highest BCUT2D eigenvalue weighted by molar-refractivity contribution is 6.58. The molecule has 1 aliphatic heterocycles. The highest BCUT2D eigenvalue weighted by Crippen LogP contribution is 2.24. The Morgan fingerprint density at radius 2 is 1.89 bits per heavy atom. The highest BCUT2D eigenvalue weighted by Gasteiger charge is 2.25. The first-order valence-corrected chi connectivity index (χ1v) is 6.89. The number of rotatable bonds is 3. The maximum absolute atomic E-state index is 13.4. The van der Waals surface area contributed by atoms with Gasteiger partial charge in [0.05, 0.1) is 0 Å². The van der Waals surface area contributed by atoms with Gasteiger partial charge in [0.2, 0.25) is 0 Å². The molecule has 0 bridgehead atoms. The van der Waals surface area contributed by atoms with Gasteiger partial charge in [0.15, 0.2) is 0 Å². The van der Waals surface area contributed by atoms with E-state index in [2.05, 4.69) is 18.7 Å². The van der Waals surface area contributed by atoms with Crippen molar-refractivity contribution < 1.29 is 14.4 Å². The number of nitrogens with zero attached hydrogens (tertiary/aromatic N) is 1. The largest absolute Gasteiger partial charge is 0.491 e. The van der Waals surface area contributed by atoms with Crippen LogP contribution in [0.5, 0.6) is 0 Å². The zero-order valence-electron chi connectivity index (χ0n) is 11.5. The molecule has 0 amide bonds. The average Bonchev–Trinajstić information content (AvgIpc) is 2.35. The fourth-order valence-corrected chi connectivity index (χ4v) is 2.89. The minimum absolute atomic E-state index is 0.0465. The van der Waals surface area contributed by atoms with Crippen molar-refractivity contribution in [1.29, 1.82) is 0 Å². The van der Waals surface area contributed by atoms with Gasteiger partial charge in [0.25, 0.3) is 0 Å². The minimum atomic E-state index is -1.75. The van der Waals surface area contributed by atoms with Crippen LogP contribution in [0.15, 0.2) is 18.2 Å². The summed E-state index contributed by atoms with van der Waals surface area (Å²) in [6.07, 6.45) is 3.62. The molecule has 0 aromatic heterocycles. The summed E-state index contributed by atoms with van der Waals surface area (Å²) < 4.78 is 13.4. The zero-order valence-corrected chi connectivity index (χ0v) is 11.5. The summed E-state index contributed by atoms with van der Waals surface area (Å²) >= 11 is 0. The Bertz CT molecular complexity index is 431. The zero-order chi connectivity index (χ0) is 14.0. The van der Waals surface area contributed by atoms with Crippen LogP contribution in [-0.4, -0.2) is 34.2 Å². The van der Waals surface area contributed by atoms with Crippen LogP contribution in [0, 0.1) is 5.82 Å². The van der Waals surface area contributed by atoms with Crippen molar-refractivity contribution >= 4 is 12.6 Å². The molecule has 0 saturated carbocycles. The number of piperidine rings is 1. The van der Waals surface area contributed by atoms with E-state index in [1.807, 2.05) is 0 Å². The summed E-state index contributed by atoms with van der Waals surface area (Å²) in [6, 6.07) is 5.60. The molecular formula is C14H21BFNO2. The minimum Gasteiger partial charge on any atom is -0.423 e. The lowest BCUT2D eigenvalue weighted by atomic mass is 9.79. The fourth-order valence-electron chi connectivity index (χ4n) is 2.89. The standard InChI is InChI=1S/C14H21BFNO2/c1-10-4-3-5-11(2)17(10)9-12-6-7-14(16)13(8-12)15(18)19/h6-8,10-11,18-19H,3-5,9H2,1-2H3. The number of hydrogen-bond donors (Lipinski definition) is 2. The monoisotopic (exact) mass is 265 g/mol. The Morgan fingerprint density at radius 1 is 1.26 bits per heavy atom. The lowest BCUT2D eigenvalue weighted by molar-refractivity contribution is 0.0953. The van der Waals surface area contributed by atoms with Gasteiger partial charge in [-0.1, -0.05) is 18.6 Å². The predicted octanol–water partition coefficient (Wildman–Crippen LogP) is 1.27. The van der Waals surface area contributed by atoms with Crippen molar-refractivity contribution in [2.75, 3.05) is 0 Å². The van der Waals surface area contributed by atoms with Crippen LogP contribution in [0.3, 0.4) is 0 Å². The molecule has 5 heteroatoms. The van der Waals surface area contributed by atoms with Gasteiger partial charge in [-0.25, -0.2) is 4.39 Å². The summed E-state index contributed by atoms with van der Waals surface area (Å²) in [6.45, 7) is 5.14. The molecule has 1 aliphatic rings. The van der Waals surface area contributed by atoms with E-state index in [4.69, 9.17) is 10.0 Å². The Kier molecular flexibility index (Phi) is 4.60. The Labute approximate surface area is 114 Å². The van der Waals surface area contributed by atoms with Gasteiger partial charge < -0.3 is 10.0 Å². The van der Waals surface area contributed by atoms with E-state index in [-0.39, 0.29) is 5.46 Å². The SMILES string of the molecule is CC1CCCC(C)N1Cc1ccc(F)c(B(O)O)c1. The Morgan fingerprint density at radius 3 is 2.47 bits per heavy atom. The maximum atomic E-state index is 13.4. The van der Waals surface area contributed by atoms with Gasteiger partial charge in [-0.15, -0.1) is 0 Å². The first kappa shape index (κ1) is 14.5. The van der Waals surface area contributed by atoms with Crippen LogP contribution < -0.4 is 5.46 Å². The number of hydrogen-bond acceptors (Lipinski definition) is 3. The molecule has 19 heavy (non-hydrogen) atoms. The van der Waals surface area contributed by atoms with Crippen LogP contribution in [-0.2, 0) is 6.54 Å². The quantitative estimate of drug-likeness (QED) is 0.809. The van der Waals surface area contributed by atoms with Crippen molar-refractivity contribution in [3.8, 4) is 0 Å². The molecule has 3 nitrogen and oxygen atoms in total. The van der Waals surface area contributed by atoms with Gasteiger partial charge in [0, 0.05) is 24.1 Å². The first-order chi connectivity index (χ1) is 8.99. The molecule has 0 radical (unpaired) electrons. The second-order valence-corrected chi connectivity index (χ2v) is 5.53. The number of halogens is 1. The van der Waals surface area contributed by atoms with Gasteiger partial charge in [-0.05, 0) is 38.3 Å². The molecule has 2 rings (SSSR count). The summed E-state index contributed by atoms with van der Waals surface area (Å²) in [4.78, 5) is 2.39. The Hall–Kier alpha value is -0.905. The van der Waals surface area contributed by atoms with E-state index < -0.39 is 12.9 Å². The normalized spacial score (nSPS) is 24.5. The van der Waals surface area contributed by atoms with Crippen LogP contribution in [0.25, 0.3) is 0 Å². The fraction of sp³-hybridized carbons (Fsp3) is 0.571. The molecule has 104 valence electrons. The molecule has 2 N–H and O–H groups in total. The smallest absolute Gasteiger partial charge is 0.423 e. The number of likely N-dealkylation sites (tertiary alicyclic amines) is 1. The molecule has 1 heterocycles. The first-order valence-electron chi connectivity index (χ1n) is 6.89. The molecule has 0 aliphatic carbocycles. The van der Waals surface area contributed by atoms with Gasteiger partial charge in [-0.2, -0.15) is 0 Å². The maximum Gasteiger partial charge on any atom is 0.491 e. The van der Waals surface area contributed by atoms with Crippen LogP contribution in [0.1, 0.15) is 38.7 Å². The third-order valence-electron chi connectivity index (χ3n) is 4.08. The third kappa shape index (κ3) is 3.35. The predicted molar refractivity (Wildman–Crippen MR) is 74.5 cm³/mol. The molecule has 1 fully saturated rings. The summed E-state index contributed by atoms with van der Waals surface area (Å²) in [7, 11) is -1.75. The van der Waals surface area contributed by atoms with Crippen LogP contribution in [0.4, 0.5) is 4.39 Å². The van der Waals surface area contributed by atoms with E-state index in [0.29, 0.717) is 12.1 Å². The lowest BCUT2D eigenvalue weighted by Gasteiger charge is -2.39. The molecule has 1 aromatic rings. The van der Waals surface area contributed by atoms with Crippen molar-refractivity contribution in [1.82, 2.24) is 4.90 Å². The molecule has 1 aromatic carbocycles. The molecule has 1 saturated heterocycles. The van der Waals surface area contributed by atoms with Crippen molar-refractivity contribution in [2.45, 2.75) is 51.7 Å². The Balaban J connectivity index is 2.16. The van der Waals surface area contributed by atoms with Gasteiger partial charge >= 0.3 is 7.12 Å². The third-order valence-corrected chi connectivity index (χ3v) is 4.08. The van der Waals surface area contributed by atoms with Gasteiger partial charge in [-0.3, -0.25) is 4.90 Å². The van der Waals surface area contributed by atoms with E-state index in [1.54, 1.807) is 12.1 Å². The average molecular weight is 265 g/mol. The topological polar surface area (TPSA) is 43.7 Å². The highest BCUT2D eigenvalue weighted by atomic mass is 19.1. The second-order valence-electron chi connectivity index (χ2n) is 5.53. The van der Waals surface area contributed by atoms with Crippen molar-refractivity contribution in [3.63, 3.8) is 0 Å². The molecule has 2 atom stereocenters. The number of benzene rings is 1. The summed E-state index contributed by atoms with van der Waals surface area (Å²) in [5, 5.41) is 18.3. The van der Waals surface area contributed by atoms with E-state index in [0.717, 1.165) is 12.1 Å². The molecule has 0 spiro atoms. The van der Waals surface area contributed by atoms with Crippen molar-refractivity contribution in [2.24, 2.45) is 0 Å². The lowest BCUT2D eigenvalue weighted by Crippen LogP contribution is -2.43. The van der Waals surface area contributed by atoms with Gasteiger partial charge in [0.1, 0.15) is 5.82 Å². The van der Waals surface area contributed by atoms with E-state index >= 15 is 0 Å². The molecule has 2 unspecified atom stereocenters. The summed E-state index contributed by atoms with van der Waals surface area (Å²) in [5.41, 5.74) is 0.875. The van der Waals surface area contributed by atoms with E-state index in [9.17, 15) is 4.39 Å². The molecular weight excluding hydrogens is 244 g/mol. The summed E-state index contributed by atoms with van der Waals surface area (Å²) in [5.74, 6) is -0.571. The van der Waals surface area contributed by atoms with Crippen LogP contribution >= 0.6 is 0 Å². The van der Waals surface area contributed by atoms with E-state index in [1.165, 1.54) is 25.3 Å². The van der Waals surface area contributed by atoms with Crippen molar-refractivity contribution in [3.05, 3.63) is 29.6 Å². The van der Waals surface area contributed by atoms with Crippen LogP contribution in [0.2, 0.25) is 0 Å².